The lowest BCUT2D eigenvalue weighted by molar-refractivity contribution is -0.127. The van der Waals surface area contributed by atoms with Gasteiger partial charge < -0.3 is 10.2 Å². The molecule has 0 aliphatic carbocycles. The number of anilines is 1. The maximum atomic E-state index is 11.6. The minimum atomic E-state index is 0.123. The standard InChI is InChI=1S/C16H20N2OS/c1-12(14-8-9-20-11-14)17-15-6-4-13(5-7-15)10-16(19)18(2)3/h4-9,11-12,17H,10H2,1-3H3. The molecule has 2 rings (SSSR count). The molecular formula is C16H20N2OS. The van der Waals surface area contributed by atoms with Crippen LogP contribution in [0.2, 0.25) is 0 Å². The van der Waals surface area contributed by atoms with Crippen molar-refractivity contribution < 1.29 is 4.79 Å². The van der Waals surface area contributed by atoms with Gasteiger partial charge in [0.05, 0.1) is 6.42 Å². The highest BCUT2D eigenvalue weighted by molar-refractivity contribution is 7.07. The van der Waals surface area contributed by atoms with E-state index in [9.17, 15) is 4.79 Å². The highest BCUT2D eigenvalue weighted by Crippen LogP contribution is 2.21. The first-order valence-electron chi connectivity index (χ1n) is 6.64. The van der Waals surface area contributed by atoms with Gasteiger partial charge in [0, 0.05) is 25.8 Å². The van der Waals surface area contributed by atoms with Crippen molar-refractivity contribution in [3.05, 3.63) is 52.2 Å². The molecule has 0 aliphatic heterocycles. The SMILES string of the molecule is CC(Nc1ccc(CC(=O)N(C)C)cc1)c1ccsc1. The van der Waals surface area contributed by atoms with Gasteiger partial charge >= 0.3 is 0 Å². The van der Waals surface area contributed by atoms with Crippen molar-refractivity contribution >= 4 is 22.9 Å². The van der Waals surface area contributed by atoms with Crippen LogP contribution in [0.25, 0.3) is 0 Å². The molecule has 4 heteroatoms. The molecule has 1 heterocycles. The van der Waals surface area contributed by atoms with E-state index < -0.39 is 0 Å². The van der Waals surface area contributed by atoms with Crippen LogP contribution in [0.4, 0.5) is 5.69 Å². The number of nitrogens with zero attached hydrogens (tertiary/aromatic N) is 1. The van der Waals surface area contributed by atoms with Gasteiger partial charge in [0.2, 0.25) is 5.91 Å². The fourth-order valence-corrected chi connectivity index (χ4v) is 2.66. The van der Waals surface area contributed by atoms with Gasteiger partial charge in [-0.1, -0.05) is 12.1 Å². The number of nitrogens with one attached hydrogen (secondary N) is 1. The molecule has 1 N–H and O–H groups in total. The summed E-state index contributed by atoms with van der Waals surface area (Å²) in [7, 11) is 3.56. The Hall–Kier alpha value is -1.81. The van der Waals surface area contributed by atoms with Gasteiger partial charge in [0.25, 0.3) is 0 Å². The summed E-state index contributed by atoms with van der Waals surface area (Å²) in [5.74, 6) is 0.123. The Morgan fingerprint density at radius 3 is 2.50 bits per heavy atom. The van der Waals surface area contributed by atoms with E-state index in [1.54, 1.807) is 30.3 Å². The Bertz CT molecular complexity index is 546. The summed E-state index contributed by atoms with van der Waals surface area (Å²) in [6.45, 7) is 2.14. The van der Waals surface area contributed by atoms with Crippen LogP contribution >= 0.6 is 11.3 Å². The van der Waals surface area contributed by atoms with Crippen molar-refractivity contribution in [1.82, 2.24) is 4.90 Å². The van der Waals surface area contributed by atoms with E-state index in [2.05, 4.69) is 29.1 Å². The summed E-state index contributed by atoms with van der Waals surface area (Å²) in [6, 6.07) is 10.5. The van der Waals surface area contributed by atoms with E-state index in [1.807, 2.05) is 24.3 Å². The number of thiophene rings is 1. The molecule has 1 aromatic carbocycles. The lowest BCUT2D eigenvalue weighted by atomic mass is 10.1. The minimum Gasteiger partial charge on any atom is -0.378 e. The van der Waals surface area contributed by atoms with Gasteiger partial charge in [-0.15, -0.1) is 0 Å². The number of hydrogen-bond donors (Lipinski definition) is 1. The lowest BCUT2D eigenvalue weighted by Crippen LogP contribution is -2.23. The molecule has 1 atom stereocenters. The highest BCUT2D eigenvalue weighted by Gasteiger charge is 2.07. The number of likely N-dealkylation sites (N-methyl/N-ethyl adjacent to an activating group) is 1. The molecule has 0 bridgehead atoms. The van der Waals surface area contributed by atoms with Gasteiger partial charge in [-0.25, -0.2) is 0 Å². The number of benzene rings is 1. The van der Waals surface area contributed by atoms with Crippen LogP contribution in [-0.4, -0.2) is 24.9 Å². The topological polar surface area (TPSA) is 32.3 Å². The van der Waals surface area contributed by atoms with Gasteiger partial charge in [-0.2, -0.15) is 11.3 Å². The third kappa shape index (κ3) is 3.84. The number of carbonyl (C=O) groups is 1. The van der Waals surface area contributed by atoms with Crippen LogP contribution in [0, 0.1) is 0 Å². The van der Waals surface area contributed by atoms with E-state index in [0.717, 1.165) is 11.3 Å². The minimum absolute atomic E-state index is 0.123. The van der Waals surface area contributed by atoms with Crippen LogP contribution in [0.3, 0.4) is 0 Å². The molecule has 20 heavy (non-hydrogen) atoms. The van der Waals surface area contributed by atoms with Crippen LogP contribution in [0.1, 0.15) is 24.1 Å². The fraction of sp³-hybridized carbons (Fsp3) is 0.312. The quantitative estimate of drug-likeness (QED) is 0.912. The maximum Gasteiger partial charge on any atom is 0.226 e. The first kappa shape index (κ1) is 14.6. The Kier molecular flexibility index (Phi) is 4.79. The molecule has 0 spiro atoms. The average Bonchev–Trinajstić information content (AvgIpc) is 2.95. The smallest absolute Gasteiger partial charge is 0.226 e. The van der Waals surface area contributed by atoms with E-state index in [1.165, 1.54) is 5.56 Å². The highest BCUT2D eigenvalue weighted by atomic mass is 32.1. The summed E-state index contributed by atoms with van der Waals surface area (Å²) in [5, 5.41) is 7.70. The van der Waals surface area contributed by atoms with Crippen LogP contribution in [0.5, 0.6) is 0 Å². The summed E-state index contributed by atoms with van der Waals surface area (Å²) >= 11 is 1.71. The first-order valence-corrected chi connectivity index (χ1v) is 7.58. The largest absolute Gasteiger partial charge is 0.378 e. The zero-order chi connectivity index (χ0) is 14.5. The number of amides is 1. The summed E-state index contributed by atoms with van der Waals surface area (Å²) in [5.41, 5.74) is 3.41. The van der Waals surface area contributed by atoms with E-state index in [-0.39, 0.29) is 11.9 Å². The third-order valence-electron chi connectivity index (χ3n) is 3.23. The zero-order valence-electron chi connectivity index (χ0n) is 12.1. The third-order valence-corrected chi connectivity index (χ3v) is 3.94. The van der Waals surface area contributed by atoms with Gasteiger partial charge in [-0.05, 0) is 47.0 Å². The number of rotatable bonds is 5. The molecule has 0 saturated heterocycles. The van der Waals surface area contributed by atoms with Crippen molar-refractivity contribution in [1.29, 1.82) is 0 Å². The molecule has 1 unspecified atom stereocenters. The van der Waals surface area contributed by atoms with E-state index in [0.29, 0.717) is 6.42 Å². The van der Waals surface area contributed by atoms with Gasteiger partial charge in [-0.3, -0.25) is 4.79 Å². The second-order valence-corrected chi connectivity index (χ2v) is 5.86. The Morgan fingerprint density at radius 2 is 1.95 bits per heavy atom. The molecule has 2 aromatic rings. The van der Waals surface area contributed by atoms with Crippen LogP contribution in [-0.2, 0) is 11.2 Å². The molecule has 1 amide bonds. The zero-order valence-corrected chi connectivity index (χ0v) is 12.9. The molecule has 0 saturated carbocycles. The Morgan fingerprint density at radius 1 is 1.25 bits per heavy atom. The molecular weight excluding hydrogens is 268 g/mol. The Balaban J connectivity index is 1.96. The van der Waals surface area contributed by atoms with Crippen molar-refractivity contribution in [3.63, 3.8) is 0 Å². The normalized spacial score (nSPS) is 11.9. The maximum absolute atomic E-state index is 11.6. The predicted octanol–water partition coefficient (Wildman–Crippen LogP) is 3.55. The lowest BCUT2D eigenvalue weighted by Gasteiger charge is -2.15. The summed E-state index contributed by atoms with van der Waals surface area (Å²) < 4.78 is 0. The predicted molar refractivity (Wildman–Crippen MR) is 85.2 cm³/mol. The summed E-state index contributed by atoms with van der Waals surface area (Å²) in [4.78, 5) is 13.3. The molecule has 106 valence electrons. The van der Waals surface area contributed by atoms with Crippen LogP contribution in [0.15, 0.2) is 41.1 Å². The van der Waals surface area contributed by atoms with Crippen molar-refractivity contribution in [2.75, 3.05) is 19.4 Å². The monoisotopic (exact) mass is 288 g/mol. The molecule has 1 aromatic heterocycles. The Labute approximate surface area is 124 Å². The molecule has 0 fully saturated rings. The molecule has 0 radical (unpaired) electrons. The average molecular weight is 288 g/mol. The van der Waals surface area contributed by atoms with E-state index >= 15 is 0 Å². The first-order chi connectivity index (χ1) is 9.56. The van der Waals surface area contributed by atoms with E-state index in [4.69, 9.17) is 0 Å². The number of carbonyl (C=O) groups excluding carboxylic acids is 1. The fourth-order valence-electron chi connectivity index (χ4n) is 1.91. The van der Waals surface area contributed by atoms with Gasteiger partial charge in [0.1, 0.15) is 0 Å². The van der Waals surface area contributed by atoms with Crippen molar-refractivity contribution in [2.24, 2.45) is 0 Å². The van der Waals surface area contributed by atoms with Crippen LogP contribution < -0.4 is 5.32 Å². The molecule has 0 aliphatic rings. The number of hydrogen-bond acceptors (Lipinski definition) is 3. The second kappa shape index (κ2) is 6.57. The van der Waals surface area contributed by atoms with Crippen molar-refractivity contribution in [2.45, 2.75) is 19.4 Å². The van der Waals surface area contributed by atoms with Crippen molar-refractivity contribution in [3.8, 4) is 0 Å². The van der Waals surface area contributed by atoms with Gasteiger partial charge in [0.15, 0.2) is 0 Å². The molecule has 3 nitrogen and oxygen atoms in total. The second-order valence-electron chi connectivity index (χ2n) is 5.08. The summed E-state index contributed by atoms with van der Waals surface area (Å²) in [6.07, 6.45) is 0.452.